The van der Waals surface area contributed by atoms with Crippen LogP contribution in [0.25, 0.3) is 0 Å². The Labute approximate surface area is 123 Å². The van der Waals surface area contributed by atoms with Gasteiger partial charge in [0, 0.05) is 18.2 Å². The van der Waals surface area contributed by atoms with Crippen LogP contribution in [0.3, 0.4) is 0 Å². The summed E-state index contributed by atoms with van der Waals surface area (Å²) in [4.78, 5) is 2.03. The van der Waals surface area contributed by atoms with Crippen molar-refractivity contribution < 1.29 is 4.39 Å². The van der Waals surface area contributed by atoms with Crippen LogP contribution in [0, 0.1) is 17.1 Å². The number of rotatable bonds is 3. The number of fused-ring (bicyclic) bond motifs is 1. The molecule has 2 N–H and O–H groups in total. The number of nitriles is 1. The molecule has 0 amide bonds. The van der Waals surface area contributed by atoms with Gasteiger partial charge in [0.05, 0.1) is 5.69 Å². The Morgan fingerprint density at radius 3 is 2.71 bits per heavy atom. The molecule has 21 heavy (non-hydrogen) atoms. The molecule has 0 aliphatic carbocycles. The second-order valence-electron chi connectivity index (χ2n) is 5.19. The Balaban J connectivity index is 2.09. The third-order valence-corrected chi connectivity index (χ3v) is 3.98. The number of anilines is 2. The molecule has 0 saturated heterocycles. The number of benzene rings is 2. The fourth-order valence-corrected chi connectivity index (χ4v) is 3.02. The molecule has 3 rings (SSSR count). The Morgan fingerprint density at radius 1 is 1.19 bits per heavy atom. The van der Waals surface area contributed by atoms with Crippen LogP contribution in [0.2, 0.25) is 0 Å². The summed E-state index contributed by atoms with van der Waals surface area (Å²) >= 11 is 0. The van der Waals surface area contributed by atoms with E-state index in [0.717, 1.165) is 18.7 Å². The number of hydrogen-bond donors (Lipinski definition) is 1. The molecule has 0 bridgehead atoms. The molecule has 106 valence electrons. The van der Waals surface area contributed by atoms with Crippen molar-refractivity contribution in [3.8, 4) is 6.07 Å². The highest BCUT2D eigenvalue weighted by Gasteiger charge is 2.30. The average molecular weight is 281 g/mol. The lowest BCUT2D eigenvalue weighted by atomic mass is 9.98. The lowest BCUT2D eigenvalue weighted by Gasteiger charge is -2.21. The molecule has 0 aromatic heterocycles. The smallest absolute Gasteiger partial charge is 0.143 e. The summed E-state index contributed by atoms with van der Waals surface area (Å²) in [5, 5.41) is 9.24. The van der Waals surface area contributed by atoms with Crippen molar-refractivity contribution in [3.05, 3.63) is 59.4 Å². The Kier molecular flexibility index (Phi) is 3.59. The third kappa shape index (κ3) is 2.26. The monoisotopic (exact) mass is 281 g/mol. The quantitative estimate of drug-likeness (QED) is 0.939. The Hall–Kier alpha value is -2.38. The maximum atomic E-state index is 13.9. The van der Waals surface area contributed by atoms with Crippen molar-refractivity contribution in [3.63, 3.8) is 0 Å². The first-order chi connectivity index (χ1) is 10.3. The molecule has 4 heteroatoms. The van der Waals surface area contributed by atoms with Gasteiger partial charge in [-0.2, -0.15) is 5.26 Å². The number of halogens is 1. The molecular weight excluding hydrogens is 265 g/mol. The van der Waals surface area contributed by atoms with E-state index in [4.69, 9.17) is 5.73 Å². The highest BCUT2D eigenvalue weighted by atomic mass is 19.1. The molecule has 0 fully saturated rings. The molecular formula is C17H16FN3. The summed E-state index contributed by atoms with van der Waals surface area (Å²) in [7, 11) is 0. The summed E-state index contributed by atoms with van der Waals surface area (Å²) in [6, 6.07) is 14.8. The topological polar surface area (TPSA) is 53.0 Å². The first-order valence-corrected chi connectivity index (χ1v) is 7.01. The zero-order valence-electron chi connectivity index (χ0n) is 11.6. The van der Waals surface area contributed by atoms with Crippen LogP contribution in [0.15, 0.2) is 42.5 Å². The van der Waals surface area contributed by atoms with Crippen molar-refractivity contribution in [2.75, 3.05) is 18.0 Å². The predicted molar refractivity (Wildman–Crippen MR) is 81.0 cm³/mol. The minimum atomic E-state index is -0.477. The van der Waals surface area contributed by atoms with E-state index < -0.39 is 5.82 Å². The van der Waals surface area contributed by atoms with Crippen molar-refractivity contribution in [2.24, 2.45) is 5.73 Å². The fourth-order valence-electron chi connectivity index (χ4n) is 3.02. The van der Waals surface area contributed by atoms with E-state index in [1.165, 1.54) is 11.6 Å². The highest BCUT2D eigenvalue weighted by Crippen LogP contribution is 2.43. The van der Waals surface area contributed by atoms with Gasteiger partial charge in [0.2, 0.25) is 0 Å². The van der Waals surface area contributed by atoms with Crippen LogP contribution < -0.4 is 10.6 Å². The summed E-state index contributed by atoms with van der Waals surface area (Å²) in [6.07, 6.45) is 0.880. The molecule has 2 aromatic rings. The van der Waals surface area contributed by atoms with Gasteiger partial charge in [0.15, 0.2) is 0 Å². The fraction of sp³-hybridized carbons (Fsp3) is 0.235. The second kappa shape index (κ2) is 5.55. The highest BCUT2D eigenvalue weighted by molar-refractivity contribution is 5.75. The number of nitrogens with two attached hydrogens (primary N) is 1. The number of hydrogen-bond acceptors (Lipinski definition) is 3. The molecule has 0 radical (unpaired) electrons. The molecule has 1 atom stereocenters. The predicted octanol–water partition coefficient (Wildman–Crippen LogP) is 3.28. The Morgan fingerprint density at radius 2 is 1.95 bits per heavy atom. The first-order valence-electron chi connectivity index (χ1n) is 7.01. The molecule has 0 spiro atoms. The molecule has 2 aromatic carbocycles. The van der Waals surface area contributed by atoms with Gasteiger partial charge in [-0.3, -0.25) is 0 Å². The van der Waals surface area contributed by atoms with Gasteiger partial charge in [-0.05, 0) is 36.7 Å². The zero-order valence-corrected chi connectivity index (χ0v) is 11.6. The SMILES string of the molecule is N#Cc1c(F)cccc1N1CC(CCN)c2ccccc21. The van der Waals surface area contributed by atoms with Crippen LogP contribution in [-0.4, -0.2) is 13.1 Å². The van der Waals surface area contributed by atoms with E-state index in [1.807, 2.05) is 29.2 Å². The van der Waals surface area contributed by atoms with Crippen LogP contribution in [0.4, 0.5) is 15.8 Å². The normalized spacial score (nSPS) is 16.6. The summed E-state index contributed by atoms with van der Waals surface area (Å²) < 4.78 is 13.9. The summed E-state index contributed by atoms with van der Waals surface area (Å²) in [6.45, 7) is 1.34. The number of para-hydroxylation sites is 1. The van der Waals surface area contributed by atoms with Crippen LogP contribution in [0.5, 0.6) is 0 Å². The van der Waals surface area contributed by atoms with Gasteiger partial charge in [-0.15, -0.1) is 0 Å². The average Bonchev–Trinajstić information content (AvgIpc) is 2.86. The van der Waals surface area contributed by atoms with E-state index in [1.54, 1.807) is 12.1 Å². The molecule has 1 heterocycles. The van der Waals surface area contributed by atoms with E-state index >= 15 is 0 Å². The van der Waals surface area contributed by atoms with Crippen molar-refractivity contribution in [2.45, 2.75) is 12.3 Å². The maximum Gasteiger partial charge on any atom is 0.143 e. The molecule has 3 nitrogen and oxygen atoms in total. The molecule has 1 unspecified atom stereocenters. The van der Waals surface area contributed by atoms with Gasteiger partial charge in [0.25, 0.3) is 0 Å². The third-order valence-electron chi connectivity index (χ3n) is 3.98. The van der Waals surface area contributed by atoms with Crippen molar-refractivity contribution in [1.82, 2.24) is 0 Å². The van der Waals surface area contributed by atoms with Crippen molar-refractivity contribution in [1.29, 1.82) is 5.26 Å². The minimum Gasteiger partial charge on any atom is -0.339 e. The largest absolute Gasteiger partial charge is 0.339 e. The number of nitrogens with zero attached hydrogens (tertiary/aromatic N) is 2. The summed E-state index contributed by atoms with van der Waals surface area (Å²) in [5.41, 5.74) is 8.68. The molecule has 1 aliphatic rings. The van der Waals surface area contributed by atoms with Crippen LogP contribution in [0.1, 0.15) is 23.5 Å². The standard InChI is InChI=1S/C17H16FN3/c18-15-5-3-7-17(14(15)10-20)21-11-12(8-9-19)13-4-1-2-6-16(13)21/h1-7,12H,8-9,11,19H2. The lowest BCUT2D eigenvalue weighted by Crippen LogP contribution is -2.18. The summed E-state index contributed by atoms with van der Waals surface area (Å²) in [5.74, 6) is -0.157. The lowest BCUT2D eigenvalue weighted by molar-refractivity contribution is 0.622. The van der Waals surface area contributed by atoms with Gasteiger partial charge in [0.1, 0.15) is 17.4 Å². The van der Waals surface area contributed by atoms with Crippen molar-refractivity contribution >= 4 is 11.4 Å². The zero-order chi connectivity index (χ0) is 14.8. The molecule has 0 saturated carbocycles. The van der Waals surface area contributed by atoms with Gasteiger partial charge in [-0.1, -0.05) is 24.3 Å². The second-order valence-corrected chi connectivity index (χ2v) is 5.19. The van der Waals surface area contributed by atoms with Crippen LogP contribution >= 0.6 is 0 Å². The van der Waals surface area contributed by atoms with Crippen LogP contribution in [-0.2, 0) is 0 Å². The van der Waals surface area contributed by atoms with Gasteiger partial charge in [-0.25, -0.2) is 4.39 Å². The van der Waals surface area contributed by atoms with E-state index in [-0.39, 0.29) is 5.56 Å². The first kappa shape index (κ1) is 13.6. The van der Waals surface area contributed by atoms with E-state index in [0.29, 0.717) is 18.2 Å². The van der Waals surface area contributed by atoms with Gasteiger partial charge >= 0.3 is 0 Å². The van der Waals surface area contributed by atoms with Gasteiger partial charge < -0.3 is 10.6 Å². The maximum absolute atomic E-state index is 13.9. The van der Waals surface area contributed by atoms with E-state index in [2.05, 4.69) is 6.07 Å². The molecule has 1 aliphatic heterocycles. The minimum absolute atomic E-state index is 0.0979. The Bertz CT molecular complexity index is 705. The van der Waals surface area contributed by atoms with E-state index in [9.17, 15) is 9.65 Å².